The summed E-state index contributed by atoms with van der Waals surface area (Å²) >= 11 is 0. The summed E-state index contributed by atoms with van der Waals surface area (Å²) in [6.07, 6.45) is -2.81. The summed E-state index contributed by atoms with van der Waals surface area (Å²) in [5, 5.41) is 11.9. The van der Waals surface area contributed by atoms with Gasteiger partial charge in [-0.2, -0.15) is 22.0 Å². The van der Waals surface area contributed by atoms with E-state index in [-0.39, 0.29) is 47.1 Å². The SMILES string of the molecule is O=C(O)Cc1ccc(OC2C[C@@H]3CC[C@@H](C2)N3C(=O)NC2CC2c2ccc(OC(F)F)cc2)c(C(F)(F)F)c1. The number of alkyl halides is 5. The minimum absolute atomic E-state index is 0.0320. The van der Waals surface area contributed by atoms with E-state index in [2.05, 4.69) is 10.1 Å². The second kappa shape index (κ2) is 10.5. The fourth-order valence-electron chi connectivity index (χ4n) is 5.77. The molecule has 2 aromatic carbocycles. The number of piperidine rings is 1. The maximum absolute atomic E-state index is 13.7. The standard InChI is InChI=1S/C27H27F5N2O5/c28-25(29)39-18-6-2-15(3-7-18)20-13-22(20)33-26(37)34-16-4-5-17(34)12-19(11-16)38-23-8-1-14(10-24(35)36)9-21(23)27(30,31)32/h1-3,6-9,16-17,19-20,22,25H,4-5,10-13H2,(H,33,37)(H,35,36)/t16-,17-,20?,22?/m0/s1. The number of nitrogens with zero attached hydrogens (tertiary/aromatic N) is 1. The molecule has 1 saturated carbocycles. The molecule has 4 atom stereocenters. The Bertz CT molecular complexity index is 1210. The number of carbonyl (C=O) groups is 2. The first-order valence-electron chi connectivity index (χ1n) is 12.7. The summed E-state index contributed by atoms with van der Waals surface area (Å²) in [5.74, 6) is -1.44. The number of fused-ring (bicyclic) bond motifs is 2. The van der Waals surface area contributed by atoms with Crippen LogP contribution in [0.25, 0.3) is 0 Å². The van der Waals surface area contributed by atoms with Crippen LogP contribution in [0.15, 0.2) is 42.5 Å². The number of nitrogens with one attached hydrogen (secondary N) is 1. The molecule has 0 aromatic heterocycles. The summed E-state index contributed by atoms with van der Waals surface area (Å²) in [6, 6.07) is 8.98. The Labute approximate surface area is 220 Å². The Balaban J connectivity index is 1.18. The zero-order valence-corrected chi connectivity index (χ0v) is 20.7. The summed E-state index contributed by atoms with van der Waals surface area (Å²) < 4.78 is 75.9. The lowest BCUT2D eigenvalue weighted by atomic mass is 9.99. The van der Waals surface area contributed by atoms with Gasteiger partial charge in [0.1, 0.15) is 17.6 Å². The predicted molar refractivity (Wildman–Crippen MR) is 128 cm³/mol. The summed E-state index contributed by atoms with van der Waals surface area (Å²) in [5.41, 5.74) is -0.0706. The number of halogens is 5. The van der Waals surface area contributed by atoms with E-state index in [9.17, 15) is 31.5 Å². The fraction of sp³-hybridized carbons (Fsp3) is 0.481. The topological polar surface area (TPSA) is 88.1 Å². The highest BCUT2D eigenvalue weighted by molar-refractivity contribution is 5.76. The smallest absolute Gasteiger partial charge is 0.419 e. The largest absolute Gasteiger partial charge is 0.490 e. The van der Waals surface area contributed by atoms with E-state index in [0.717, 1.165) is 24.5 Å². The molecule has 5 rings (SSSR count). The highest BCUT2D eigenvalue weighted by Crippen LogP contribution is 2.44. The van der Waals surface area contributed by atoms with Crippen molar-refractivity contribution in [2.45, 2.75) is 81.5 Å². The summed E-state index contributed by atoms with van der Waals surface area (Å²) in [4.78, 5) is 25.8. The lowest BCUT2D eigenvalue weighted by Gasteiger charge is -2.39. The Hall–Kier alpha value is -3.57. The molecule has 0 spiro atoms. The minimum Gasteiger partial charge on any atom is -0.490 e. The number of aliphatic carboxylic acids is 1. The highest BCUT2D eigenvalue weighted by Gasteiger charge is 2.47. The molecule has 3 aliphatic rings. The van der Waals surface area contributed by atoms with Crippen molar-refractivity contribution in [1.29, 1.82) is 0 Å². The van der Waals surface area contributed by atoms with Gasteiger partial charge >= 0.3 is 24.8 Å². The molecule has 210 valence electrons. The van der Waals surface area contributed by atoms with E-state index in [4.69, 9.17) is 9.84 Å². The van der Waals surface area contributed by atoms with E-state index in [1.165, 1.54) is 24.3 Å². The van der Waals surface area contributed by atoms with Crippen LogP contribution in [-0.2, 0) is 17.4 Å². The van der Waals surface area contributed by atoms with Gasteiger partial charge in [0.15, 0.2) is 0 Å². The van der Waals surface area contributed by atoms with Crippen LogP contribution >= 0.6 is 0 Å². The van der Waals surface area contributed by atoms with Gasteiger partial charge in [-0.25, -0.2) is 4.79 Å². The molecular formula is C27H27F5N2O5. The molecule has 1 aliphatic carbocycles. The summed E-state index contributed by atoms with van der Waals surface area (Å²) in [6.45, 7) is -2.90. The molecule has 2 unspecified atom stereocenters. The predicted octanol–water partition coefficient (Wildman–Crippen LogP) is 5.57. The van der Waals surface area contributed by atoms with Crippen LogP contribution in [0.1, 0.15) is 54.7 Å². The maximum atomic E-state index is 13.7. The third-order valence-electron chi connectivity index (χ3n) is 7.56. The van der Waals surface area contributed by atoms with Crippen LogP contribution in [0.5, 0.6) is 11.5 Å². The number of amides is 2. The number of benzene rings is 2. The first kappa shape index (κ1) is 27.0. The monoisotopic (exact) mass is 554 g/mol. The highest BCUT2D eigenvalue weighted by atomic mass is 19.4. The molecule has 12 heteroatoms. The molecule has 2 aromatic rings. The quantitative estimate of drug-likeness (QED) is 0.417. The normalized spacial score (nSPS) is 25.9. The van der Waals surface area contributed by atoms with Crippen LogP contribution < -0.4 is 14.8 Å². The van der Waals surface area contributed by atoms with Crippen molar-refractivity contribution in [3.63, 3.8) is 0 Å². The van der Waals surface area contributed by atoms with Crippen LogP contribution in [0.3, 0.4) is 0 Å². The number of ether oxygens (including phenoxy) is 2. The molecule has 7 nitrogen and oxygen atoms in total. The van der Waals surface area contributed by atoms with Gasteiger partial charge in [0.05, 0.1) is 12.0 Å². The molecule has 2 aliphatic heterocycles. The third-order valence-corrected chi connectivity index (χ3v) is 7.56. The van der Waals surface area contributed by atoms with Crippen molar-refractivity contribution in [3.05, 3.63) is 59.2 Å². The van der Waals surface area contributed by atoms with Gasteiger partial charge in [-0.05, 0) is 54.7 Å². The van der Waals surface area contributed by atoms with Gasteiger partial charge in [0.25, 0.3) is 0 Å². The Kier molecular flexibility index (Phi) is 7.30. The number of urea groups is 1. The second-order valence-corrected chi connectivity index (χ2v) is 10.2. The Morgan fingerprint density at radius 1 is 1.03 bits per heavy atom. The minimum atomic E-state index is -4.71. The first-order chi connectivity index (χ1) is 18.5. The molecule has 2 heterocycles. The Morgan fingerprint density at radius 2 is 1.69 bits per heavy atom. The van der Waals surface area contributed by atoms with E-state index in [1.54, 1.807) is 17.0 Å². The van der Waals surface area contributed by atoms with Gasteiger partial charge in [-0.3, -0.25) is 4.79 Å². The number of rotatable bonds is 8. The zero-order valence-electron chi connectivity index (χ0n) is 20.7. The zero-order chi connectivity index (χ0) is 27.9. The third kappa shape index (κ3) is 6.20. The average molecular weight is 555 g/mol. The lowest BCUT2D eigenvalue weighted by molar-refractivity contribution is -0.140. The average Bonchev–Trinajstić information content (AvgIpc) is 3.55. The van der Waals surface area contributed by atoms with Crippen molar-refractivity contribution in [2.75, 3.05) is 0 Å². The van der Waals surface area contributed by atoms with Crippen LogP contribution in [-0.4, -0.2) is 52.8 Å². The van der Waals surface area contributed by atoms with Crippen molar-refractivity contribution >= 4 is 12.0 Å². The van der Waals surface area contributed by atoms with Gasteiger partial charge in [0, 0.05) is 36.9 Å². The van der Waals surface area contributed by atoms with Gasteiger partial charge < -0.3 is 24.8 Å². The number of hydrogen-bond acceptors (Lipinski definition) is 4. The molecule has 2 N–H and O–H groups in total. The van der Waals surface area contributed by atoms with E-state index in [0.29, 0.717) is 19.3 Å². The van der Waals surface area contributed by atoms with Crippen LogP contribution in [0, 0.1) is 0 Å². The molecule has 2 amide bonds. The number of carboxylic acids is 1. The van der Waals surface area contributed by atoms with Crippen LogP contribution in [0.2, 0.25) is 0 Å². The number of carbonyl (C=O) groups excluding carboxylic acids is 1. The fourth-order valence-corrected chi connectivity index (χ4v) is 5.77. The van der Waals surface area contributed by atoms with Gasteiger partial charge in [0.2, 0.25) is 0 Å². The van der Waals surface area contributed by atoms with E-state index in [1.807, 2.05) is 0 Å². The lowest BCUT2D eigenvalue weighted by Crippen LogP contribution is -2.53. The van der Waals surface area contributed by atoms with Crippen molar-refractivity contribution in [2.24, 2.45) is 0 Å². The molecule has 0 radical (unpaired) electrons. The van der Waals surface area contributed by atoms with E-state index >= 15 is 0 Å². The van der Waals surface area contributed by atoms with Gasteiger partial charge in [-0.15, -0.1) is 0 Å². The number of carboxylic acid groups (broad SMARTS) is 1. The summed E-state index contributed by atoms with van der Waals surface area (Å²) in [7, 11) is 0. The van der Waals surface area contributed by atoms with Gasteiger partial charge in [-0.1, -0.05) is 18.2 Å². The molecule has 39 heavy (non-hydrogen) atoms. The van der Waals surface area contributed by atoms with Crippen LogP contribution in [0.4, 0.5) is 26.7 Å². The molecular weight excluding hydrogens is 527 g/mol. The van der Waals surface area contributed by atoms with Crippen molar-refractivity contribution < 1.29 is 46.1 Å². The van der Waals surface area contributed by atoms with E-state index < -0.39 is 36.8 Å². The number of hydrogen-bond donors (Lipinski definition) is 2. The Morgan fingerprint density at radius 3 is 2.28 bits per heavy atom. The molecule has 2 saturated heterocycles. The van der Waals surface area contributed by atoms with Crippen molar-refractivity contribution in [1.82, 2.24) is 10.2 Å². The maximum Gasteiger partial charge on any atom is 0.419 e. The molecule has 3 fully saturated rings. The van der Waals surface area contributed by atoms with Crippen molar-refractivity contribution in [3.8, 4) is 11.5 Å². The molecule has 2 bridgehead atoms. The second-order valence-electron chi connectivity index (χ2n) is 10.2. The first-order valence-corrected chi connectivity index (χ1v) is 12.7.